The molecule has 8 heteroatoms. The third kappa shape index (κ3) is 2.90. The van der Waals surface area contributed by atoms with E-state index in [0.717, 1.165) is 0 Å². The highest BCUT2D eigenvalue weighted by molar-refractivity contribution is 7.46. The number of hydroxylamine groups is 1. The fourth-order valence-electron chi connectivity index (χ4n) is 1.37. The maximum atomic E-state index is 11.5. The molecule has 0 aromatic carbocycles. The number of esters is 1. The molecule has 0 radical (unpaired) electrons. The van der Waals surface area contributed by atoms with Crippen LogP contribution in [0.4, 0.5) is 0 Å². The first kappa shape index (κ1) is 13.3. The summed E-state index contributed by atoms with van der Waals surface area (Å²) in [4.78, 5) is 28.6. The minimum Gasteiger partial charge on any atom is -0.465 e. The Labute approximate surface area is 92.6 Å². The van der Waals surface area contributed by atoms with Crippen LogP contribution in [0.5, 0.6) is 0 Å². The Morgan fingerprint density at radius 2 is 2.38 bits per heavy atom. The van der Waals surface area contributed by atoms with E-state index in [1.165, 1.54) is 6.08 Å². The lowest BCUT2D eigenvalue weighted by Gasteiger charge is -2.16. The summed E-state index contributed by atoms with van der Waals surface area (Å²) in [5.74, 6) is -0.855. The van der Waals surface area contributed by atoms with E-state index in [2.05, 4.69) is 16.7 Å². The van der Waals surface area contributed by atoms with E-state index < -0.39 is 19.3 Å². The topological polar surface area (TPSA) is 105 Å². The van der Waals surface area contributed by atoms with Crippen molar-refractivity contribution in [1.82, 2.24) is 5.48 Å². The first-order valence-corrected chi connectivity index (χ1v) is 6.20. The molecule has 0 saturated heterocycles. The summed E-state index contributed by atoms with van der Waals surface area (Å²) >= 11 is 0. The minimum atomic E-state index is -4.67. The van der Waals surface area contributed by atoms with Gasteiger partial charge >= 0.3 is 13.8 Å². The van der Waals surface area contributed by atoms with Gasteiger partial charge in [-0.15, -0.1) is 6.58 Å². The predicted octanol–water partition coefficient (Wildman–Crippen LogP) is 0.108. The van der Waals surface area contributed by atoms with Crippen LogP contribution < -0.4 is 5.48 Å². The van der Waals surface area contributed by atoms with Crippen molar-refractivity contribution in [2.24, 2.45) is 5.92 Å². The largest absolute Gasteiger partial charge is 0.486 e. The van der Waals surface area contributed by atoms with Crippen LogP contribution in [0.3, 0.4) is 0 Å². The van der Waals surface area contributed by atoms with Gasteiger partial charge < -0.3 is 14.5 Å². The minimum absolute atomic E-state index is 0.183. The number of carbonyl (C=O) groups is 1. The van der Waals surface area contributed by atoms with Gasteiger partial charge in [0.1, 0.15) is 5.54 Å². The zero-order valence-corrected chi connectivity index (χ0v) is 9.65. The highest BCUT2D eigenvalue weighted by atomic mass is 31.2. The van der Waals surface area contributed by atoms with Crippen molar-refractivity contribution >= 4 is 13.8 Å². The zero-order chi connectivity index (χ0) is 12.4. The summed E-state index contributed by atoms with van der Waals surface area (Å²) in [6.07, 6.45) is 1.85. The summed E-state index contributed by atoms with van der Waals surface area (Å²) in [5, 5.41) is 0. The lowest BCUT2D eigenvalue weighted by molar-refractivity contribution is -0.150. The summed E-state index contributed by atoms with van der Waals surface area (Å²) in [6, 6.07) is 0. The van der Waals surface area contributed by atoms with Gasteiger partial charge in [-0.1, -0.05) is 6.08 Å². The summed E-state index contributed by atoms with van der Waals surface area (Å²) in [7, 11) is -4.67. The molecule has 1 saturated carbocycles. The number of hydrogen-bond acceptors (Lipinski definition) is 5. The molecule has 1 aliphatic carbocycles. The second-order valence-electron chi connectivity index (χ2n) is 3.42. The van der Waals surface area contributed by atoms with E-state index in [4.69, 9.17) is 14.5 Å². The number of ether oxygens (including phenoxy) is 1. The van der Waals surface area contributed by atoms with E-state index in [9.17, 15) is 9.36 Å². The van der Waals surface area contributed by atoms with Gasteiger partial charge in [0.15, 0.2) is 0 Å². The first-order valence-electron chi connectivity index (χ1n) is 4.67. The molecule has 0 heterocycles. The predicted molar refractivity (Wildman–Crippen MR) is 53.9 cm³/mol. The normalized spacial score (nSPS) is 28.6. The van der Waals surface area contributed by atoms with Crippen LogP contribution in [0.2, 0.25) is 0 Å². The summed E-state index contributed by atoms with van der Waals surface area (Å²) in [6.45, 7) is 5.33. The van der Waals surface area contributed by atoms with Crippen molar-refractivity contribution in [2.75, 3.05) is 6.61 Å². The van der Waals surface area contributed by atoms with E-state index in [-0.39, 0.29) is 12.5 Å². The third-order valence-electron chi connectivity index (χ3n) is 2.29. The molecule has 0 aromatic rings. The number of phosphoric acid groups is 1. The van der Waals surface area contributed by atoms with Crippen LogP contribution in [0.15, 0.2) is 12.7 Å². The Morgan fingerprint density at radius 1 is 1.75 bits per heavy atom. The Bertz CT molecular complexity index is 339. The Balaban J connectivity index is 2.65. The van der Waals surface area contributed by atoms with Crippen molar-refractivity contribution in [3.8, 4) is 0 Å². The molecule has 0 amide bonds. The van der Waals surface area contributed by atoms with Crippen molar-refractivity contribution in [3.05, 3.63) is 12.7 Å². The van der Waals surface area contributed by atoms with Gasteiger partial charge in [-0.25, -0.2) is 9.36 Å². The molecule has 16 heavy (non-hydrogen) atoms. The van der Waals surface area contributed by atoms with E-state index in [1.54, 1.807) is 6.92 Å². The molecule has 0 aliphatic heterocycles. The van der Waals surface area contributed by atoms with Gasteiger partial charge in [0.2, 0.25) is 0 Å². The third-order valence-corrected chi connectivity index (χ3v) is 2.61. The molecular weight excluding hydrogens is 237 g/mol. The van der Waals surface area contributed by atoms with Crippen molar-refractivity contribution < 1.29 is 28.5 Å². The Kier molecular flexibility index (Phi) is 3.88. The van der Waals surface area contributed by atoms with Crippen LogP contribution in [-0.4, -0.2) is 27.9 Å². The van der Waals surface area contributed by atoms with Crippen LogP contribution in [-0.2, 0) is 18.7 Å². The van der Waals surface area contributed by atoms with Gasteiger partial charge in [-0.3, -0.25) is 0 Å². The van der Waals surface area contributed by atoms with Crippen LogP contribution in [0.1, 0.15) is 13.3 Å². The zero-order valence-electron chi connectivity index (χ0n) is 8.75. The standard InChI is InChI=1S/C8H14NO6P/c1-3-6-5-8(6,7(10)14-4-2)9-15-16(11,12)13/h3,6,9H,1,4-5H2,2H3,(H2,11,12,13). The van der Waals surface area contributed by atoms with E-state index in [0.29, 0.717) is 6.42 Å². The summed E-state index contributed by atoms with van der Waals surface area (Å²) < 4.78 is 19.4. The van der Waals surface area contributed by atoms with Gasteiger partial charge in [0.25, 0.3) is 0 Å². The fourth-order valence-corrected chi connectivity index (χ4v) is 1.65. The SMILES string of the molecule is C=CC1CC1(NOP(=O)(O)O)C(=O)OCC. The molecule has 2 atom stereocenters. The van der Waals surface area contributed by atoms with E-state index >= 15 is 0 Å². The first-order chi connectivity index (χ1) is 7.35. The monoisotopic (exact) mass is 251 g/mol. The molecule has 1 fully saturated rings. The molecule has 1 rings (SSSR count). The highest BCUT2D eigenvalue weighted by Gasteiger charge is 2.61. The van der Waals surface area contributed by atoms with E-state index in [1.807, 2.05) is 0 Å². The maximum Gasteiger partial charge on any atom is 0.486 e. The molecule has 2 unspecified atom stereocenters. The molecule has 1 aliphatic rings. The van der Waals surface area contributed by atoms with Gasteiger partial charge in [0.05, 0.1) is 6.61 Å². The highest BCUT2D eigenvalue weighted by Crippen LogP contribution is 2.47. The second kappa shape index (κ2) is 4.65. The number of rotatable bonds is 6. The lowest BCUT2D eigenvalue weighted by atomic mass is 10.2. The summed E-state index contributed by atoms with van der Waals surface area (Å²) in [5.41, 5.74) is 0.877. The molecule has 0 aromatic heterocycles. The van der Waals surface area contributed by atoms with Gasteiger partial charge in [0, 0.05) is 5.92 Å². The molecule has 92 valence electrons. The molecule has 0 spiro atoms. The molecule has 7 nitrogen and oxygen atoms in total. The van der Waals surface area contributed by atoms with Crippen molar-refractivity contribution in [2.45, 2.75) is 18.9 Å². The average Bonchev–Trinajstić information content (AvgIpc) is 2.89. The van der Waals surface area contributed by atoms with Crippen molar-refractivity contribution in [3.63, 3.8) is 0 Å². The molecular formula is C8H14NO6P. The molecule has 3 N–H and O–H groups in total. The Morgan fingerprint density at radius 3 is 2.75 bits per heavy atom. The van der Waals surface area contributed by atoms with Gasteiger partial charge in [-0.2, -0.15) is 10.1 Å². The Hall–Kier alpha value is -0.720. The second-order valence-corrected chi connectivity index (χ2v) is 4.59. The van der Waals surface area contributed by atoms with Crippen LogP contribution in [0.25, 0.3) is 0 Å². The maximum absolute atomic E-state index is 11.5. The number of carbonyl (C=O) groups excluding carboxylic acids is 1. The van der Waals surface area contributed by atoms with Crippen LogP contribution in [0, 0.1) is 5.92 Å². The fraction of sp³-hybridized carbons (Fsp3) is 0.625. The number of nitrogens with one attached hydrogen (secondary N) is 1. The van der Waals surface area contributed by atoms with Crippen LogP contribution >= 0.6 is 7.82 Å². The number of hydrogen-bond donors (Lipinski definition) is 3. The quantitative estimate of drug-likeness (QED) is 0.266. The lowest BCUT2D eigenvalue weighted by Crippen LogP contribution is -2.41. The smallest absolute Gasteiger partial charge is 0.465 e. The van der Waals surface area contributed by atoms with Gasteiger partial charge in [-0.05, 0) is 13.3 Å². The molecule has 0 bridgehead atoms. The average molecular weight is 251 g/mol. The van der Waals surface area contributed by atoms with Crippen molar-refractivity contribution in [1.29, 1.82) is 0 Å².